The van der Waals surface area contributed by atoms with E-state index < -0.39 is 22.0 Å². The standard InChI is InChI=1S/C18H20N4O4S/c1-10-8-11(2)20-18(24)14(10)9-19-17(23)12(3)21-16-13-6-4-5-7-15(13)27(25,26)22-16/h4-8,12H,9H2,1-3H3,(H,19,23)(H,20,24)(H,21,22)/t12-/m0/s1. The number of aromatic nitrogens is 1. The number of nitrogens with one attached hydrogen (secondary N) is 3. The molecule has 0 bridgehead atoms. The first-order valence-corrected chi connectivity index (χ1v) is 9.84. The molecule has 0 saturated carbocycles. The van der Waals surface area contributed by atoms with E-state index in [0.717, 1.165) is 11.3 Å². The summed E-state index contributed by atoms with van der Waals surface area (Å²) < 4.78 is 26.6. The van der Waals surface area contributed by atoms with Crippen LogP contribution in [0.15, 0.2) is 45.0 Å². The Kier molecular flexibility index (Phi) is 4.88. The Balaban J connectivity index is 1.76. The van der Waals surface area contributed by atoms with Crippen molar-refractivity contribution < 1.29 is 13.2 Å². The van der Waals surface area contributed by atoms with Gasteiger partial charge in [-0.3, -0.25) is 19.3 Å². The van der Waals surface area contributed by atoms with Crippen molar-refractivity contribution in [2.45, 2.75) is 38.3 Å². The van der Waals surface area contributed by atoms with Crippen LogP contribution in [0, 0.1) is 13.8 Å². The molecule has 0 radical (unpaired) electrons. The molecule has 2 aromatic rings. The highest BCUT2D eigenvalue weighted by Gasteiger charge is 2.31. The lowest BCUT2D eigenvalue weighted by Crippen LogP contribution is -2.35. The summed E-state index contributed by atoms with van der Waals surface area (Å²) in [5.74, 6) is -0.275. The summed E-state index contributed by atoms with van der Waals surface area (Å²) in [7, 11) is -3.65. The highest BCUT2D eigenvalue weighted by atomic mass is 32.2. The second-order valence-corrected chi connectivity index (χ2v) is 8.07. The third kappa shape index (κ3) is 3.77. The van der Waals surface area contributed by atoms with Crippen LogP contribution in [0.3, 0.4) is 0 Å². The van der Waals surface area contributed by atoms with Crippen LogP contribution < -0.4 is 15.6 Å². The average Bonchev–Trinajstić information content (AvgIpc) is 2.84. The molecule has 0 fully saturated rings. The summed E-state index contributed by atoms with van der Waals surface area (Å²) in [6.45, 7) is 5.22. The molecule has 1 aliphatic rings. The van der Waals surface area contributed by atoms with Crippen molar-refractivity contribution in [3.8, 4) is 0 Å². The normalized spacial score (nSPS) is 17.2. The number of amidine groups is 1. The van der Waals surface area contributed by atoms with Crippen LogP contribution in [-0.4, -0.2) is 31.2 Å². The second kappa shape index (κ2) is 6.99. The monoisotopic (exact) mass is 388 g/mol. The number of sulfonamides is 1. The lowest BCUT2D eigenvalue weighted by atomic mass is 10.1. The number of benzene rings is 1. The van der Waals surface area contributed by atoms with Crippen LogP contribution in [0.1, 0.15) is 29.3 Å². The van der Waals surface area contributed by atoms with Crippen molar-refractivity contribution in [1.82, 2.24) is 15.0 Å². The molecule has 8 nitrogen and oxygen atoms in total. The van der Waals surface area contributed by atoms with Gasteiger partial charge in [0.25, 0.3) is 15.6 Å². The molecule has 2 heterocycles. The molecular weight excluding hydrogens is 368 g/mol. The maximum absolute atomic E-state index is 12.4. The molecule has 9 heteroatoms. The number of nitrogens with zero attached hydrogens (tertiary/aromatic N) is 1. The number of hydrogen-bond donors (Lipinski definition) is 3. The van der Waals surface area contributed by atoms with Crippen molar-refractivity contribution in [3.63, 3.8) is 0 Å². The first-order chi connectivity index (χ1) is 12.7. The minimum absolute atomic E-state index is 0.0672. The molecule has 1 atom stereocenters. The van der Waals surface area contributed by atoms with Gasteiger partial charge in [-0.2, -0.15) is 0 Å². The van der Waals surface area contributed by atoms with Gasteiger partial charge in [-0.15, -0.1) is 0 Å². The molecule has 0 aliphatic carbocycles. The Bertz CT molecular complexity index is 1100. The Morgan fingerprint density at radius 1 is 1.26 bits per heavy atom. The minimum atomic E-state index is -3.65. The maximum Gasteiger partial charge on any atom is 0.263 e. The van der Waals surface area contributed by atoms with E-state index in [0.29, 0.717) is 11.1 Å². The van der Waals surface area contributed by atoms with Crippen LogP contribution in [0.4, 0.5) is 0 Å². The third-order valence-electron chi connectivity index (χ3n) is 4.30. The number of carbonyl (C=O) groups is 1. The molecule has 1 amide bonds. The number of amides is 1. The van der Waals surface area contributed by atoms with E-state index in [1.807, 2.05) is 6.07 Å². The molecule has 27 heavy (non-hydrogen) atoms. The number of aromatic amines is 1. The zero-order valence-corrected chi connectivity index (χ0v) is 16.0. The maximum atomic E-state index is 12.4. The first-order valence-electron chi connectivity index (χ1n) is 8.36. The summed E-state index contributed by atoms with van der Waals surface area (Å²) in [4.78, 5) is 31.4. The highest BCUT2D eigenvalue weighted by molar-refractivity contribution is 7.90. The predicted molar refractivity (Wildman–Crippen MR) is 101 cm³/mol. The number of pyridine rings is 1. The van der Waals surface area contributed by atoms with Crippen molar-refractivity contribution in [2.24, 2.45) is 4.99 Å². The van der Waals surface area contributed by atoms with E-state index in [2.05, 4.69) is 20.0 Å². The summed E-state index contributed by atoms with van der Waals surface area (Å²) in [5, 5.41) is 2.68. The third-order valence-corrected chi connectivity index (χ3v) is 5.70. The van der Waals surface area contributed by atoms with Gasteiger partial charge in [0.05, 0.1) is 4.90 Å². The van der Waals surface area contributed by atoms with Gasteiger partial charge in [0.15, 0.2) is 0 Å². The lowest BCUT2D eigenvalue weighted by Gasteiger charge is -2.11. The van der Waals surface area contributed by atoms with E-state index in [4.69, 9.17) is 0 Å². The van der Waals surface area contributed by atoms with E-state index in [1.54, 1.807) is 39.0 Å². The van der Waals surface area contributed by atoms with Crippen LogP contribution in [0.5, 0.6) is 0 Å². The summed E-state index contributed by atoms with van der Waals surface area (Å²) in [5.41, 5.74) is 2.19. The van der Waals surface area contributed by atoms with Gasteiger partial charge in [-0.25, -0.2) is 8.42 Å². The Hall–Kier alpha value is -2.94. The van der Waals surface area contributed by atoms with Crippen molar-refractivity contribution >= 4 is 21.8 Å². The van der Waals surface area contributed by atoms with Crippen LogP contribution >= 0.6 is 0 Å². The molecule has 0 saturated heterocycles. The second-order valence-electron chi connectivity index (χ2n) is 6.42. The molecule has 0 spiro atoms. The average molecular weight is 388 g/mol. The first kappa shape index (κ1) is 18.8. The van der Waals surface area contributed by atoms with Crippen LogP contribution in [0.25, 0.3) is 0 Å². The molecule has 3 N–H and O–H groups in total. The van der Waals surface area contributed by atoms with Gasteiger partial charge in [0.2, 0.25) is 5.91 Å². The van der Waals surface area contributed by atoms with Crippen molar-refractivity contribution in [2.75, 3.05) is 0 Å². The molecule has 142 valence electrons. The molecule has 1 aromatic carbocycles. The van der Waals surface area contributed by atoms with Crippen molar-refractivity contribution in [1.29, 1.82) is 0 Å². The number of carbonyl (C=O) groups excluding carboxylic acids is 1. The van der Waals surface area contributed by atoms with Gasteiger partial charge in [-0.05, 0) is 44.5 Å². The molecular formula is C18H20N4O4S. The fraction of sp³-hybridized carbons (Fsp3) is 0.278. The van der Waals surface area contributed by atoms with E-state index in [-0.39, 0.29) is 22.8 Å². The number of H-pyrrole nitrogens is 1. The zero-order chi connectivity index (χ0) is 19.8. The summed E-state index contributed by atoms with van der Waals surface area (Å²) in [6.07, 6.45) is 0. The number of hydrogen-bond acceptors (Lipinski definition) is 5. The highest BCUT2D eigenvalue weighted by Crippen LogP contribution is 2.22. The van der Waals surface area contributed by atoms with Gasteiger partial charge >= 0.3 is 0 Å². The Morgan fingerprint density at radius 2 is 1.96 bits per heavy atom. The number of aliphatic imine (C=N–C) groups is 1. The fourth-order valence-corrected chi connectivity index (χ4v) is 4.15. The van der Waals surface area contributed by atoms with Crippen LogP contribution in [-0.2, 0) is 21.4 Å². The van der Waals surface area contributed by atoms with Crippen molar-refractivity contribution in [3.05, 3.63) is 63.1 Å². The Morgan fingerprint density at radius 3 is 2.67 bits per heavy atom. The van der Waals surface area contributed by atoms with E-state index in [1.165, 1.54) is 6.07 Å². The van der Waals surface area contributed by atoms with Gasteiger partial charge in [0.1, 0.15) is 11.9 Å². The molecule has 1 aliphatic heterocycles. The van der Waals surface area contributed by atoms with E-state index >= 15 is 0 Å². The Labute approximate surface area is 156 Å². The topological polar surface area (TPSA) is 120 Å². The quantitative estimate of drug-likeness (QED) is 0.715. The van der Waals surface area contributed by atoms with Gasteiger partial charge in [-0.1, -0.05) is 12.1 Å². The molecule has 3 rings (SSSR count). The summed E-state index contributed by atoms with van der Waals surface area (Å²) >= 11 is 0. The molecule has 0 unspecified atom stereocenters. The van der Waals surface area contributed by atoms with Gasteiger partial charge < -0.3 is 10.3 Å². The largest absolute Gasteiger partial charge is 0.350 e. The van der Waals surface area contributed by atoms with Crippen LogP contribution in [0.2, 0.25) is 0 Å². The SMILES string of the molecule is Cc1cc(C)c(CNC(=O)[C@H](C)N=C2NS(=O)(=O)c3ccccc32)c(=O)[nH]1. The summed E-state index contributed by atoms with van der Waals surface area (Å²) in [6, 6.07) is 7.44. The lowest BCUT2D eigenvalue weighted by molar-refractivity contribution is -0.122. The predicted octanol–water partition coefficient (Wildman–Crippen LogP) is 0.735. The number of fused-ring (bicyclic) bond motifs is 1. The van der Waals surface area contributed by atoms with Gasteiger partial charge in [0, 0.05) is 23.4 Å². The number of aryl methyl sites for hydroxylation is 2. The fourth-order valence-electron chi connectivity index (χ4n) is 2.91. The zero-order valence-electron chi connectivity index (χ0n) is 15.2. The smallest absolute Gasteiger partial charge is 0.263 e. The minimum Gasteiger partial charge on any atom is -0.350 e. The number of rotatable bonds is 4. The van der Waals surface area contributed by atoms with E-state index in [9.17, 15) is 18.0 Å². The molecule has 1 aromatic heterocycles.